The summed E-state index contributed by atoms with van der Waals surface area (Å²) in [5.41, 5.74) is 0.574. The molecular weight excluding hydrogens is 217 g/mol. The third-order valence-electron chi connectivity index (χ3n) is 2.09. The molecule has 0 fully saturated rings. The number of aromatic nitrogens is 2. The van der Waals surface area contributed by atoms with Crippen LogP contribution in [0.2, 0.25) is 0 Å². The van der Waals surface area contributed by atoms with Crippen molar-refractivity contribution in [1.82, 2.24) is 9.97 Å². The fourth-order valence-corrected chi connectivity index (χ4v) is 1.29. The zero-order chi connectivity index (χ0) is 11.6. The van der Waals surface area contributed by atoms with E-state index in [0.29, 0.717) is 11.3 Å². The van der Waals surface area contributed by atoms with Gasteiger partial charge in [0.15, 0.2) is 0 Å². The van der Waals surface area contributed by atoms with Crippen molar-refractivity contribution in [2.24, 2.45) is 0 Å². The predicted octanol–water partition coefficient (Wildman–Crippen LogP) is 3.16. The van der Waals surface area contributed by atoms with E-state index in [0.717, 1.165) is 12.1 Å². The van der Waals surface area contributed by atoms with E-state index in [1.54, 1.807) is 12.3 Å². The van der Waals surface area contributed by atoms with E-state index in [-0.39, 0.29) is 0 Å². The molecule has 0 aliphatic heterocycles. The average Bonchev–Trinajstić information content (AvgIpc) is 2.29. The number of nitrogens with zero attached hydrogens (tertiary/aromatic N) is 2. The molecule has 0 radical (unpaired) electrons. The number of hydrogen-bond donors (Lipinski definition) is 0. The van der Waals surface area contributed by atoms with Gasteiger partial charge in [0.25, 0.3) is 0 Å². The lowest BCUT2D eigenvalue weighted by Crippen LogP contribution is -2.04. The average molecular weight is 224 g/mol. The summed E-state index contributed by atoms with van der Waals surface area (Å²) in [6, 6.07) is 6.51. The van der Waals surface area contributed by atoms with Crippen molar-refractivity contribution in [2.75, 3.05) is 0 Å². The molecule has 0 amide bonds. The summed E-state index contributed by atoms with van der Waals surface area (Å²) < 4.78 is 36.9. The second kappa shape index (κ2) is 3.92. The summed E-state index contributed by atoms with van der Waals surface area (Å²) in [5, 5.41) is 0. The van der Waals surface area contributed by atoms with Crippen LogP contribution >= 0.6 is 0 Å². The third kappa shape index (κ3) is 2.18. The Morgan fingerprint density at radius 1 is 0.938 bits per heavy atom. The molecule has 0 N–H and O–H groups in total. The molecule has 2 aromatic rings. The molecule has 2 nitrogen and oxygen atoms in total. The minimum Gasteiger partial charge on any atom is -0.245 e. The van der Waals surface area contributed by atoms with Crippen LogP contribution in [0.3, 0.4) is 0 Å². The lowest BCUT2D eigenvalue weighted by Gasteiger charge is -2.06. The van der Waals surface area contributed by atoms with Crippen LogP contribution in [-0.4, -0.2) is 9.97 Å². The summed E-state index contributed by atoms with van der Waals surface area (Å²) in [4.78, 5) is 7.69. The maximum absolute atomic E-state index is 12.3. The normalized spacial score (nSPS) is 11.4. The first-order chi connectivity index (χ1) is 7.57. The first-order valence-electron chi connectivity index (χ1n) is 4.51. The van der Waals surface area contributed by atoms with Crippen molar-refractivity contribution < 1.29 is 13.2 Å². The van der Waals surface area contributed by atoms with Gasteiger partial charge in [-0.15, -0.1) is 0 Å². The molecule has 0 bridgehead atoms. The molecule has 16 heavy (non-hydrogen) atoms. The second-order valence-corrected chi connectivity index (χ2v) is 3.17. The standard InChI is InChI=1S/C11H7F3N2/c12-11(13,14)9-3-1-8(2-4-9)10-5-6-15-7-16-10/h1-7H. The van der Waals surface area contributed by atoms with Gasteiger partial charge in [0.1, 0.15) is 6.33 Å². The lowest BCUT2D eigenvalue weighted by molar-refractivity contribution is -0.137. The zero-order valence-electron chi connectivity index (χ0n) is 8.07. The van der Waals surface area contributed by atoms with Crippen LogP contribution in [0, 0.1) is 0 Å². The van der Waals surface area contributed by atoms with E-state index in [2.05, 4.69) is 9.97 Å². The van der Waals surface area contributed by atoms with E-state index < -0.39 is 11.7 Å². The van der Waals surface area contributed by atoms with Crippen molar-refractivity contribution in [3.8, 4) is 11.3 Å². The van der Waals surface area contributed by atoms with Gasteiger partial charge < -0.3 is 0 Å². The van der Waals surface area contributed by atoms with Crippen LogP contribution in [0.25, 0.3) is 11.3 Å². The summed E-state index contributed by atoms with van der Waals surface area (Å²) in [6.45, 7) is 0. The molecule has 0 aliphatic rings. The Balaban J connectivity index is 2.34. The summed E-state index contributed by atoms with van der Waals surface area (Å²) in [6.07, 6.45) is -1.41. The topological polar surface area (TPSA) is 25.8 Å². The molecule has 0 saturated heterocycles. The molecule has 0 aliphatic carbocycles. The quantitative estimate of drug-likeness (QED) is 0.743. The Morgan fingerprint density at radius 3 is 2.12 bits per heavy atom. The number of hydrogen-bond acceptors (Lipinski definition) is 2. The molecule has 1 aromatic heterocycles. The van der Waals surface area contributed by atoms with Gasteiger partial charge in [-0.3, -0.25) is 0 Å². The summed E-state index contributed by atoms with van der Waals surface area (Å²) >= 11 is 0. The van der Waals surface area contributed by atoms with Crippen molar-refractivity contribution >= 4 is 0 Å². The van der Waals surface area contributed by atoms with E-state index in [1.807, 2.05) is 0 Å². The van der Waals surface area contributed by atoms with Crippen LogP contribution in [-0.2, 0) is 6.18 Å². The van der Waals surface area contributed by atoms with Gasteiger partial charge in [-0.1, -0.05) is 12.1 Å². The molecule has 1 heterocycles. The molecule has 82 valence electrons. The fourth-order valence-electron chi connectivity index (χ4n) is 1.29. The molecule has 1 aromatic carbocycles. The molecular formula is C11H7F3N2. The number of alkyl halides is 3. The van der Waals surface area contributed by atoms with E-state index >= 15 is 0 Å². The molecule has 0 atom stereocenters. The Morgan fingerprint density at radius 2 is 1.62 bits per heavy atom. The van der Waals surface area contributed by atoms with Gasteiger partial charge in [0.05, 0.1) is 11.3 Å². The van der Waals surface area contributed by atoms with Crippen molar-refractivity contribution in [3.63, 3.8) is 0 Å². The summed E-state index contributed by atoms with van der Waals surface area (Å²) in [5.74, 6) is 0. The van der Waals surface area contributed by atoms with Crippen molar-refractivity contribution in [3.05, 3.63) is 48.4 Å². The number of rotatable bonds is 1. The van der Waals surface area contributed by atoms with E-state index in [9.17, 15) is 13.2 Å². The Bertz CT molecular complexity index is 463. The minimum absolute atomic E-state index is 0.601. The van der Waals surface area contributed by atoms with E-state index in [4.69, 9.17) is 0 Å². The first-order valence-corrected chi connectivity index (χ1v) is 4.51. The van der Waals surface area contributed by atoms with Gasteiger partial charge in [-0.2, -0.15) is 13.2 Å². The smallest absolute Gasteiger partial charge is 0.245 e. The van der Waals surface area contributed by atoms with Crippen LogP contribution in [0.15, 0.2) is 42.9 Å². The monoisotopic (exact) mass is 224 g/mol. The maximum Gasteiger partial charge on any atom is 0.416 e. The molecule has 2 rings (SSSR count). The fraction of sp³-hybridized carbons (Fsp3) is 0.0909. The SMILES string of the molecule is FC(F)(F)c1ccc(-c2ccncn2)cc1. The lowest BCUT2D eigenvalue weighted by atomic mass is 10.1. The zero-order valence-corrected chi connectivity index (χ0v) is 8.07. The Kier molecular flexibility index (Phi) is 2.60. The molecule has 0 spiro atoms. The summed E-state index contributed by atoms with van der Waals surface area (Å²) in [7, 11) is 0. The third-order valence-corrected chi connectivity index (χ3v) is 2.09. The van der Waals surface area contributed by atoms with Gasteiger partial charge >= 0.3 is 6.18 Å². The van der Waals surface area contributed by atoms with Crippen LogP contribution < -0.4 is 0 Å². The highest BCUT2D eigenvalue weighted by Crippen LogP contribution is 2.30. The minimum atomic E-state index is -4.30. The van der Waals surface area contributed by atoms with Gasteiger partial charge in [-0.05, 0) is 18.2 Å². The van der Waals surface area contributed by atoms with E-state index in [1.165, 1.54) is 18.5 Å². The predicted molar refractivity (Wildman–Crippen MR) is 52.5 cm³/mol. The Hall–Kier alpha value is -1.91. The highest BCUT2D eigenvalue weighted by Gasteiger charge is 2.29. The largest absolute Gasteiger partial charge is 0.416 e. The van der Waals surface area contributed by atoms with Crippen molar-refractivity contribution in [2.45, 2.75) is 6.18 Å². The van der Waals surface area contributed by atoms with Crippen LogP contribution in [0.1, 0.15) is 5.56 Å². The second-order valence-electron chi connectivity index (χ2n) is 3.17. The molecule has 0 unspecified atom stereocenters. The first kappa shape index (κ1) is 10.6. The van der Waals surface area contributed by atoms with Gasteiger partial charge in [0, 0.05) is 11.8 Å². The number of halogens is 3. The van der Waals surface area contributed by atoms with Crippen molar-refractivity contribution in [1.29, 1.82) is 0 Å². The molecule has 5 heteroatoms. The van der Waals surface area contributed by atoms with Crippen LogP contribution in [0.4, 0.5) is 13.2 Å². The van der Waals surface area contributed by atoms with Gasteiger partial charge in [0.2, 0.25) is 0 Å². The van der Waals surface area contributed by atoms with Gasteiger partial charge in [-0.25, -0.2) is 9.97 Å². The molecule has 0 saturated carbocycles. The maximum atomic E-state index is 12.3. The highest BCUT2D eigenvalue weighted by atomic mass is 19.4. The van der Waals surface area contributed by atoms with Crippen LogP contribution in [0.5, 0.6) is 0 Å². The Labute approximate surface area is 89.8 Å². The number of benzene rings is 1. The highest BCUT2D eigenvalue weighted by molar-refractivity contribution is 5.58.